The number of aromatic nitrogens is 1. The molecule has 2 aromatic rings. The average molecular weight is 284 g/mol. The first-order valence-corrected chi connectivity index (χ1v) is 6.19. The predicted octanol–water partition coefficient (Wildman–Crippen LogP) is 4.17. The topological polar surface area (TPSA) is 42.1 Å². The number of hydrogen-bond acceptors (Lipinski definition) is 2. The third-order valence-corrected chi connectivity index (χ3v) is 3.20. The Morgan fingerprint density at radius 3 is 2.72 bits per heavy atom. The van der Waals surface area contributed by atoms with Crippen molar-refractivity contribution < 1.29 is 9.53 Å². The Hall–Kier alpha value is -1.45. The van der Waals surface area contributed by atoms with Gasteiger partial charge in [-0.15, -0.1) is 0 Å². The second-order valence-corrected chi connectivity index (χ2v) is 4.43. The van der Waals surface area contributed by atoms with Gasteiger partial charge in [0.2, 0.25) is 0 Å². The molecule has 1 heterocycles. The molecular formula is C13H11Cl2NO2. The number of esters is 1. The molecule has 0 aliphatic carbocycles. The maximum absolute atomic E-state index is 11.7. The van der Waals surface area contributed by atoms with Crippen molar-refractivity contribution in [2.75, 3.05) is 6.61 Å². The van der Waals surface area contributed by atoms with Gasteiger partial charge in [0.15, 0.2) is 0 Å². The van der Waals surface area contributed by atoms with E-state index in [-0.39, 0.29) is 5.97 Å². The molecule has 0 aliphatic heterocycles. The number of nitrogens with one attached hydrogen (secondary N) is 1. The largest absolute Gasteiger partial charge is 0.461 e. The van der Waals surface area contributed by atoms with Gasteiger partial charge in [-0.1, -0.05) is 29.3 Å². The smallest absolute Gasteiger partial charge is 0.355 e. The van der Waals surface area contributed by atoms with E-state index in [1.54, 1.807) is 37.4 Å². The molecule has 0 saturated heterocycles. The summed E-state index contributed by atoms with van der Waals surface area (Å²) in [7, 11) is 0. The van der Waals surface area contributed by atoms with Crippen LogP contribution in [0.25, 0.3) is 11.1 Å². The van der Waals surface area contributed by atoms with Crippen LogP contribution < -0.4 is 0 Å². The number of benzene rings is 1. The van der Waals surface area contributed by atoms with Crippen LogP contribution in [0.4, 0.5) is 0 Å². The Morgan fingerprint density at radius 1 is 1.28 bits per heavy atom. The van der Waals surface area contributed by atoms with Crippen LogP contribution in [0.5, 0.6) is 0 Å². The van der Waals surface area contributed by atoms with Gasteiger partial charge in [-0.05, 0) is 30.7 Å². The maximum Gasteiger partial charge on any atom is 0.355 e. The molecule has 18 heavy (non-hydrogen) atoms. The van der Waals surface area contributed by atoms with Crippen LogP contribution >= 0.6 is 23.2 Å². The summed E-state index contributed by atoms with van der Waals surface area (Å²) in [6, 6.07) is 7.02. The minimum atomic E-state index is -0.386. The van der Waals surface area contributed by atoms with Gasteiger partial charge in [0.1, 0.15) is 5.69 Å². The molecule has 94 valence electrons. The van der Waals surface area contributed by atoms with Crippen molar-refractivity contribution in [3.8, 4) is 11.1 Å². The Kier molecular flexibility index (Phi) is 3.94. The van der Waals surface area contributed by atoms with Crippen LogP contribution in [0.2, 0.25) is 10.0 Å². The molecule has 0 fully saturated rings. The standard InChI is InChI=1S/C13H11Cl2NO2/c1-2-18-13(17)12-9(5-6-16-12)8-3-4-10(14)11(15)7-8/h3-7,16H,2H2,1H3. The number of carbonyl (C=O) groups is 1. The molecule has 0 saturated carbocycles. The van der Waals surface area contributed by atoms with E-state index in [1.807, 2.05) is 0 Å². The third kappa shape index (κ3) is 2.52. The highest BCUT2D eigenvalue weighted by atomic mass is 35.5. The number of H-pyrrole nitrogens is 1. The lowest BCUT2D eigenvalue weighted by Gasteiger charge is -2.05. The van der Waals surface area contributed by atoms with E-state index in [0.29, 0.717) is 22.3 Å². The monoisotopic (exact) mass is 283 g/mol. The van der Waals surface area contributed by atoms with Crippen LogP contribution in [0, 0.1) is 0 Å². The van der Waals surface area contributed by atoms with E-state index in [1.165, 1.54) is 0 Å². The second-order valence-electron chi connectivity index (χ2n) is 3.62. The fourth-order valence-electron chi connectivity index (χ4n) is 1.65. The summed E-state index contributed by atoms with van der Waals surface area (Å²) >= 11 is 11.8. The molecule has 0 spiro atoms. The third-order valence-electron chi connectivity index (χ3n) is 2.46. The van der Waals surface area contributed by atoms with Crippen LogP contribution in [0.15, 0.2) is 30.5 Å². The van der Waals surface area contributed by atoms with Gasteiger partial charge in [0.05, 0.1) is 16.7 Å². The summed E-state index contributed by atoms with van der Waals surface area (Å²) in [5.74, 6) is -0.386. The zero-order valence-corrected chi connectivity index (χ0v) is 11.2. The first kappa shape index (κ1) is 13.0. The van der Waals surface area contributed by atoms with Gasteiger partial charge in [-0.2, -0.15) is 0 Å². The fraction of sp³-hybridized carbons (Fsp3) is 0.154. The molecule has 0 atom stereocenters. The fourth-order valence-corrected chi connectivity index (χ4v) is 1.94. The van der Waals surface area contributed by atoms with Crippen LogP contribution in [0.1, 0.15) is 17.4 Å². The summed E-state index contributed by atoms with van der Waals surface area (Å²) < 4.78 is 4.97. The maximum atomic E-state index is 11.7. The van der Waals surface area contributed by atoms with Crippen molar-refractivity contribution >= 4 is 29.2 Å². The lowest BCUT2D eigenvalue weighted by atomic mass is 10.1. The van der Waals surface area contributed by atoms with Gasteiger partial charge in [-0.3, -0.25) is 0 Å². The average Bonchev–Trinajstić information content (AvgIpc) is 2.82. The van der Waals surface area contributed by atoms with E-state index in [4.69, 9.17) is 27.9 Å². The number of hydrogen-bond donors (Lipinski definition) is 1. The first-order chi connectivity index (χ1) is 8.63. The SMILES string of the molecule is CCOC(=O)c1[nH]ccc1-c1ccc(Cl)c(Cl)c1. The van der Waals surface area contributed by atoms with Crippen LogP contribution in [0.3, 0.4) is 0 Å². The van der Waals surface area contributed by atoms with Crippen LogP contribution in [-0.4, -0.2) is 17.6 Å². The molecule has 2 rings (SSSR count). The highest BCUT2D eigenvalue weighted by Crippen LogP contribution is 2.30. The quantitative estimate of drug-likeness (QED) is 0.860. The predicted molar refractivity (Wildman–Crippen MR) is 72.2 cm³/mol. The number of halogens is 2. The number of aromatic amines is 1. The van der Waals surface area contributed by atoms with Gasteiger partial charge in [0, 0.05) is 11.8 Å². The lowest BCUT2D eigenvalue weighted by molar-refractivity contribution is 0.0521. The molecule has 0 radical (unpaired) electrons. The molecule has 0 aliphatic rings. The highest BCUT2D eigenvalue weighted by molar-refractivity contribution is 6.42. The summed E-state index contributed by atoms with van der Waals surface area (Å²) in [5, 5.41) is 0.929. The van der Waals surface area contributed by atoms with Gasteiger partial charge >= 0.3 is 5.97 Å². The first-order valence-electron chi connectivity index (χ1n) is 5.43. The molecule has 1 aromatic carbocycles. The minimum absolute atomic E-state index is 0.332. The van der Waals surface area contributed by atoms with Gasteiger partial charge in [-0.25, -0.2) is 4.79 Å². The van der Waals surface area contributed by atoms with Gasteiger partial charge < -0.3 is 9.72 Å². The molecule has 0 unspecified atom stereocenters. The molecule has 5 heteroatoms. The summed E-state index contributed by atoms with van der Waals surface area (Å²) in [6.45, 7) is 2.10. The van der Waals surface area contributed by atoms with Crippen LogP contribution in [-0.2, 0) is 4.74 Å². The van der Waals surface area contributed by atoms with Crippen molar-refractivity contribution in [2.24, 2.45) is 0 Å². The lowest BCUT2D eigenvalue weighted by Crippen LogP contribution is -2.06. The molecule has 1 N–H and O–H groups in total. The molecule has 0 amide bonds. The van der Waals surface area contributed by atoms with Crippen molar-refractivity contribution in [1.29, 1.82) is 0 Å². The zero-order valence-electron chi connectivity index (χ0n) is 9.67. The Balaban J connectivity index is 2.42. The molecular weight excluding hydrogens is 273 g/mol. The van der Waals surface area contributed by atoms with Crippen molar-refractivity contribution in [3.05, 3.63) is 46.2 Å². The van der Waals surface area contributed by atoms with E-state index < -0.39 is 0 Å². The van der Waals surface area contributed by atoms with E-state index in [9.17, 15) is 4.79 Å². The summed E-state index contributed by atoms with van der Waals surface area (Å²) in [6.07, 6.45) is 1.68. The second kappa shape index (κ2) is 5.46. The Morgan fingerprint density at radius 2 is 2.06 bits per heavy atom. The molecule has 3 nitrogen and oxygen atoms in total. The van der Waals surface area contributed by atoms with E-state index in [2.05, 4.69) is 4.98 Å². The number of carbonyl (C=O) groups excluding carboxylic acids is 1. The Bertz CT molecular complexity index is 578. The Labute approximate surface area is 115 Å². The van der Waals surface area contributed by atoms with E-state index >= 15 is 0 Å². The normalized spacial score (nSPS) is 10.4. The highest BCUT2D eigenvalue weighted by Gasteiger charge is 2.15. The molecule has 1 aromatic heterocycles. The van der Waals surface area contributed by atoms with E-state index in [0.717, 1.165) is 11.1 Å². The van der Waals surface area contributed by atoms with Crippen molar-refractivity contribution in [3.63, 3.8) is 0 Å². The number of ether oxygens (including phenoxy) is 1. The zero-order chi connectivity index (χ0) is 13.1. The minimum Gasteiger partial charge on any atom is -0.461 e. The summed E-state index contributed by atoms with van der Waals surface area (Å²) in [4.78, 5) is 14.6. The van der Waals surface area contributed by atoms with Crippen molar-refractivity contribution in [1.82, 2.24) is 4.98 Å². The van der Waals surface area contributed by atoms with Gasteiger partial charge in [0.25, 0.3) is 0 Å². The van der Waals surface area contributed by atoms with Crippen molar-refractivity contribution in [2.45, 2.75) is 6.92 Å². The molecule has 0 bridgehead atoms. The number of rotatable bonds is 3. The summed E-state index contributed by atoms with van der Waals surface area (Å²) in [5.41, 5.74) is 1.97.